The summed E-state index contributed by atoms with van der Waals surface area (Å²) in [7, 11) is 0. The third-order valence-corrected chi connectivity index (χ3v) is 2.68. The molecule has 0 bridgehead atoms. The maximum Gasteiger partial charge on any atom is 0.224 e. The molecule has 0 aliphatic carbocycles. The van der Waals surface area contributed by atoms with E-state index in [9.17, 15) is 4.79 Å². The van der Waals surface area contributed by atoms with Gasteiger partial charge in [-0.2, -0.15) is 0 Å². The number of hydrogen-bond donors (Lipinski definition) is 1. The molecule has 1 aromatic carbocycles. The zero-order valence-corrected chi connectivity index (χ0v) is 10.9. The molecule has 82 valence electrons. The second-order valence-electron chi connectivity index (χ2n) is 4.13. The molecule has 0 fully saturated rings. The van der Waals surface area contributed by atoms with Crippen molar-refractivity contribution in [2.24, 2.45) is 5.92 Å². The summed E-state index contributed by atoms with van der Waals surface area (Å²) < 4.78 is 0.921. The van der Waals surface area contributed by atoms with Gasteiger partial charge in [-0.25, -0.2) is 0 Å². The second kappa shape index (κ2) is 5.31. The molecule has 0 aromatic heterocycles. The molecule has 1 rings (SSSR count). The minimum atomic E-state index is 0.0660. The summed E-state index contributed by atoms with van der Waals surface area (Å²) in [6.45, 7) is 6.07. The van der Waals surface area contributed by atoms with Gasteiger partial charge in [0.2, 0.25) is 5.91 Å². The Morgan fingerprint density at radius 3 is 2.73 bits per heavy atom. The summed E-state index contributed by atoms with van der Waals surface area (Å²) >= 11 is 3.41. The highest BCUT2D eigenvalue weighted by Gasteiger charge is 2.07. The molecule has 0 heterocycles. The Hall–Kier alpha value is -0.830. The van der Waals surface area contributed by atoms with Gasteiger partial charge in [0, 0.05) is 10.9 Å². The number of amides is 1. The van der Waals surface area contributed by atoms with Crippen LogP contribution >= 0.6 is 15.9 Å². The molecule has 2 nitrogen and oxygen atoms in total. The van der Waals surface area contributed by atoms with Gasteiger partial charge in [-0.05, 0) is 46.5 Å². The van der Waals surface area contributed by atoms with E-state index < -0.39 is 0 Å². The molecule has 1 amide bonds. The molecular weight excluding hydrogens is 254 g/mol. The molecule has 1 N–H and O–H groups in total. The first kappa shape index (κ1) is 12.2. The van der Waals surface area contributed by atoms with Crippen molar-refractivity contribution in [3.8, 4) is 0 Å². The van der Waals surface area contributed by atoms with E-state index in [0.717, 1.165) is 15.7 Å². The summed E-state index contributed by atoms with van der Waals surface area (Å²) in [5.74, 6) is 0.449. The molecule has 0 aliphatic rings. The van der Waals surface area contributed by atoms with Crippen molar-refractivity contribution in [2.75, 3.05) is 5.32 Å². The number of benzene rings is 1. The van der Waals surface area contributed by atoms with Crippen LogP contribution in [0.25, 0.3) is 0 Å². The maximum absolute atomic E-state index is 11.6. The van der Waals surface area contributed by atoms with Gasteiger partial charge in [0.1, 0.15) is 0 Å². The van der Waals surface area contributed by atoms with Crippen LogP contribution < -0.4 is 5.32 Å². The van der Waals surface area contributed by atoms with Crippen LogP contribution in [0.3, 0.4) is 0 Å². The van der Waals surface area contributed by atoms with Gasteiger partial charge in [0.15, 0.2) is 0 Å². The molecule has 0 aliphatic heterocycles. The lowest BCUT2D eigenvalue weighted by Crippen LogP contribution is -2.14. The predicted octanol–water partition coefficient (Wildman–Crippen LogP) is 3.74. The summed E-state index contributed by atoms with van der Waals surface area (Å²) in [6, 6.07) is 5.91. The highest BCUT2D eigenvalue weighted by Crippen LogP contribution is 2.23. The van der Waals surface area contributed by atoms with Crippen LogP contribution in [0.5, 0.6) is 0 Å². The van der Waals surface area contributed by atoms with Gasteiger partial charge in [-0.1, -0.05) is 19.9 Å². The molecule has 15 heavy (non-hydrogen) atoms. The monoisotopic (exact) mass is 269 g/mol. The number of carbonyl (C=O) groups excluding carboxylic acids is 1. The van der Waals surface area contributed by atoms with Crippen molar-refractivity contribution in [3.05, 3.63) is 28.2 Å². The maximum atomic E-state index is 11.6. The van der Waals surface area contributed by atoms with E-state index in [0.29, 0.717) is 12.3 Å². The Kier molecular flexibility index (Phi) is 4.33. The van der Waals surface area contributed by atoms with E-state index >= 15 is 0 Å². The Morgan fingerprint density at radius 2 is 2.13 bits per heavy atom. The van der Waals surface area contributed by atoms with Crippen LogP contribution in [0.1, 0.15) is 25.8 Å². The lowest BCUT2D eigenvalue weighted by atomic mass is 10.1. The number of anilines is 1. The second-order valence-corrected chi connectivity index (χ2v) is 4.98. The fourth-order valence-electron chi connectivity index (χ4n) is 1.31. The van der Waals surface area contributed by atoms with E-state index in [2.05, 4.69) is 21.2 Å². The lowest BCUT2D eigenvalue weighted by molar-refractivity contribution is -0.116. The first-order valence-electron chi connectivity index (χ1n) is 5.05. The van der Waals surface area contributed by atoms with Crippen LogP contribution in [-0.4, -0.2) is 5.91 Å². The Balaban J connectivity index is 2.71. The average molecular weight is 270 g/mol. The molecule has 0 unspecified atom stereocenters. The molecule has 0 saturated carbocycles. The fraction of sp³-hybridized carbons (Fsp3) is 0.417. The van der Waals surface area contributed by atoms with Gasteiger partial charge >= 0.3 is 0 Å². The minimum Gasteiger partial charge on any atom is -0.325 e. The van der Waals surface area contributed by atoms with Gasteiger partial charge in [0.25, 0.3) is 0 Å². The van der Waals surface area contributed by atoms with Crippen molar-refractivity contribution in [1.82, 2.24) is 0 Å². The molecule has 3 heteroatoms. The molecule has 1 aromatic rings. The van der Waals surface area contributed by atoms with Crippen LogP contribution in [-0.2, 0) is 4.79 Å². The largest absolute Gasteiger partial charge is 0.325 e. The Bertz CT molecular complexity index is 361. The molecule has 0 atom stereocenters. The van der Waals surface area contributed by atoms with E-state index in [-0.39, 0.29) is 5.91 Å². The number of rotatable bonds is 3. The standard InChI is InChI=1S/C12H16BrNO/c1-8(2)6-12(15)14-11-7-9(3)4-5-10(11)13/h4-5,7-8H,6H2,1-3H3,(H,14,15). The molecule has 0 radical (unpaired) electrons. The number of halogens is 1. The quantitative estimate of drug-likeness (QED) is 0.890. The van der Waals surface area contributed by atoms with Crippen LogP contribution in [0.15, 0.2) is 22.7 Å². The third-order valence-electron chi connectivity index (χ3n) is 1.99. The minimum absolute atomic E-state index is 0.0660. The topological polar surface area (TPSA) is 29.1 Å². The molecule has 0 saturated heterocycles. The first-order valence-corrected chi connectivity index (χ1v) is 5.84. The van der Waals surface area contributed by atoms with Crippen molar-refractivity contribution >= 4 is 27.5 Å². The van der Waals surface area contributed by atoms with E-state index in [1.165, 1.54) is 0 Å². The SMILES string of the molecule is Cc1ccc(Br)c(NC(=O)CC(C)C)c1. The highest BCUT2D eigenvalue weighted by atomic mass is 79.9. The Morgan fingerprint density at radius 1 is 1.47 bits per heavy atom. The number of aryl methyl sites for hydroxylation is 1. The summed E-state index contributed by atoms with van der Waals surface area (Å²) in [5, 5.41) is 2.90. The van der Waals surface area contributed by atoms with Gasteiger partial charge in [-0.15, -0.1) is 0 Å². The predicted molar refractivity (Wildman–Crippen MR) is 67.0 cm³/mol. The van der Waals surface area contributed by atoms with Crippen molar-refractivity contribution in [1.29, 1.82) is 0 Å². The van der Waals surface area contributed by atoms with Crippen molar-refractivity contribution in [3.63, 3.8) is 0 Å². The Labute approximate surface area is 99.2 Å². The van der Waals surface area contributed by atoms with Crippen LogP contribution in [0.2, 0.25) is 0 Å². The normalized spacial score (nSPS) is 10.5. The molecule has 0 spiro atoms. The van der Waals surface area contributed by atoms with E-state index in [1.54, 1.807) is 0 Å². The fourth-order valence-corrected chi connectivity index (χ4v) is 1.65. The summed E-state index contributed by atoms with van der Waals surface area (Å²) in [6.07, 6.45) is 0.556. The van der Waals surface area contributed by atoms with Gasteiger partial charge in [-0.3, -0.25) is 4.79 Å². The van der Waals surface area contributed by atoms with Crippen molar-refractivity contribution < 1.29 is 4.79 Å². The molecular formula is C12H16BrNO. The third kappa shape index (κ3) is 4.04. The van der Waals surface area contributed by atoms with Gasteiger partial charge in [0.05, 0.1) is 5.69 Å². The summed E-state index contributed by atoms with van der Waals surface area (Å²) in [4.78, 5) is 11.6. The summed E-state index contributed by atoms with van der Waals surface area (Å²) in [5.41, 5.74) is 1.98. The van der Waals surface area contributed by atoms with E-state index in [1.807, 2.05) is 39.0 Å². The lowest BCUT2D eigenvalue weighted by Gasteiger charge is -2.09. The number of hydrogen-bond acceptors (Lipinski definition) is 1. The highest BCUT2D eigenvalue weighted by molar-refractivity contribution is 9.10. The first-order chi connectivity index (χ1) is 6.99. The van der Waals surface area contributed by atoms with Crippen molar-refractivity contribution in [2.45, 2.75) is 27.2 Å². The zero-order valence-electron chi connectivity index (χ0n) is 9.30. The average Bonchev–Trinajstić information content (AvgIpc) is 2.10. The van der Waals surface area contributed by atoms with E-state index in [4.69, 9.17) is 0 Å². The smallest absolute Gasteiger partial charge is 0.224 e. The zero-order chi connectivity index (χ0) is 11.4. The number of nitrogens with one attached hydrogen (secondary N) is 1. The number of carbonyl (C=O) groups is 1. The van der Waals surface area contributed by atoms with Gasteiger partial charge < -0.3 is 5.32 Å². The van der Waals surface area contributed by atoms with Crippen LogP contribution in [0, 0.1) is 12.8 Å². The van der Waals surface area contributed by atoms with Crippen LogP contribution in [0.4, 0.5) is 5.69 Å².